The zero-order chi connectivity index (χ0) is 12.8. The molecular formula is C13H13Br2NO. The third-order valence-corrected chi connectivity index (χ3v) is 3.76. The monoisotopic (exact) mass is 357 g/mol. The minimum Gasteiger partial charge on any atom is -0.298 e. The molecular weight excluding hydrogens is 346 g/mol. The van der Waals surface area contributed by atoms with Crippen LogP contribution >= 0.6 is 31.9 Å². The number of nitrogens with zero attached hydrogens (tertiary/aromatic N) is 1. The molecule has 0 aliphatic rings. The maximum atomic E-state index is 11.7. The molecule has 90 valence electrons. The summed E-state index contributed by atoms with van der Waals surface area (Å²) in [5.74, 6) is 0.191. The summed E-state index contributed by atoms with van der Waals surface area (Å²) < 4.78 is 0.925. The molecule has 1 aromatic carbocycles. The number of halogens is 2. The Morgan fingerprint density at radius 1 is 1.53 bits per heavy atom. The van der Waals surface area contributed by atoms with E-state index in [2.05, 4.69) is 37.9 Å². The summed E-state index contributed by atoms with van der Waals surface area (Å²) in [4.78, 5) is 11.5. The van der Waals surface area contributed by atoms with Crippen LogP contribution in [0.4, 0.5) is 0 Å². The summed E-state index contributed by atoms with van der Waals surface area (Å²) in [7, 11) is 0. The van der Waals surface area contributed by atoms with Crippen LogP contribution in [-0.4, -0.2) is 10.6 Å². The van der Waals surface area contributed by atoms with Crippen LogP contribution in [0.3, 0.4) is 0 Å². The molecule has 0 spiro atoms. The maximum absolute atomic E-state index is 11.7. The van der Waals surface area contributed by atoms with Crippen molar-refractivity contribution >= 4 is 37.6 Å². The van der Waals surface area contributed by atoms with Crippen LogP contribution in [0, 0.1) is 11.3 Å². The van der Waals surface area contributed by atoms with Gasteiger partial charge >= 0.3 is 0 Å². The number of carbonyl (C=O) groups excluding carboxylic acids is 1. The Bertz CT molecular complexity index is 451. The second-order valence-corrected chi connectivity index (χ2v) is 5.82. The van der Waals surface area contributed by atoms with Crippen molar-refractivity contribution < 1.29 is 4.79 Å². The van der Waals surface area contributed by atoms with E-state index in [0.29, 0.717) is 18.4 Å². The van der Waals surface area contributed by atoms with Gasteiger partial charge in [0.1, 0.15) is 5.78 Å². The van der Waals surface area contributed by atoms with Crippen molar-refractivity contribution in [2.45, 2.75) is 31.0 Å². The number of nitriles is 1. The Hall–Kier alpha value is -0.660. The Morgan fingerprint density at radius 3 is 2.82 bits per heavy atom. The van der Waals surface area contributed by atoms with Crippen molar-refractivity contribution in [2.75, 3.05) is 0 Å². The standard InChI is InChI=1S/C13H13Br2NO/c1-2-3-13(17)12(15)7-10-6-11(14)5-4-9(10)8-16/h4-6,12H,2-3,7H2,1H3. The molecule has 0 N–H and O–H groups in total. The van der Waals surface area contributed by atoms with E-state index in [0.717, 1.165) is 16.5 Å². The lowest BCUT2D eigenvalue weighted by Gasteiger charge is -2.10. The fourth-order valence-corrected chi connectivity index (χ4v) is 2.54. The third-order valence-electron chi connectivity index (χ3n) is 2.43. The van der Waals surface area contributed by atoms with E-state index in [4.69, 9.17) is 5.26 Å². The minimum atomic E-state index is -0.205. The smallest absolute Gasteiger partial charge is 0.146 e. The predicted molar refractivity (Wildman–Crippen MR) is 75.2 cm³/mol. The lowest BCUT2D eigenvalue weighted by atomic mass is 10.0. The fraction of sp³-hybridized carbons (Fsp3) is 0.385. The molecule has 1 rings (SSSR count). The molecule has 1 atom stereocenters. The van der Waals surface area contributed by atoms with Gasteiger partial charge in [0, 0.05) is 10.9 Å². The topological polar surface area (TPSA) is 40.9 Å². The summed E-state index contributed by atoms with van der Waals surface area (Å²) in [5, 5.41) is 9.00. The highest BCUT2D eigenvalue weighted by Crippen LogP contribution is 2.20. The molecule has 2 nitrogen and oxygen atoms in total. The van der Waals surface area contributed by atoms with Crippen LogP contribution in [-0.2, 0) is 11.2 Å². The van der Waals surface area contributed by atoms with Crippen molar-refractivity contribution in [3.8, 4) is 6.07 Å². The Labute approximate surface area is 118 Å². The van der Waals surface area contributed by atoms with Crippen molar-refractivity contribution in [3.05, 3.63) is 33.8 Å². The zero-order valence-corrected chi connectivity index (χ0v) is 12.7. The van der Waals surface area contributed by atoms with Crippen LogP contribution in [0.5, 0.6) is 0 Å². The number of hydrogen-bond donors (Lipinski definition) is 0. The van der Waals surface area contributed by atoms with Gasteiger partial charge in [0.15, 0.2) is 0 Å². The highest BCUT2D eigenvalue weighted by Gasteiger charge is 2.16. The number of ketones is 1. The van der Waals surface area contributed by atoms with Crippen LogP contribution < -0.4 is 0 Å². The van der Waals surface area contributed by atoms with Gasteiger partial charge in [0.25, 0.3) is 0 Å². The first-order valence-electron chi connectivity index (χ1n) is 5.43. The van der Waals surface area contributed by atoms with Gasteiger partial charge in [0.2, 0.25) is 0 Å². The van der Waals surface area contributed by atoms with Gasteiger partial charge in [-0.2, -0.15) is 5.26 Å². The van der Waals surface area contributed by atoms with Crippen LogP contribution in [0.2, 0.25) is 0 Å². The van der Waals surface area contributed by atoms with Crippen LogP contribution in [0.25, 0.3) is 0 Å². The SMILES string of the molecule is CCCC(=O)C(Br)Cc1cc(Br)ccc1C#N. The summed E-state index contributed by atoms with van der Waals surface area (Å²) in [6.45, 7) is 1.98. The van der Waals surface area contributed by atoms with E-state index in [1.807, 2.05) is 19.1 Å². The molecule has 0 bridgehead atoms. The second kappa shape index (κ2) is 6.93. The molecule has 0 saturated carbocycles. The van der Waals surface area contributed by atoms with Crippen LogP contribution in [0.1, 0.15) is 30.9 Å². The number of carbonyl (C=O) groups is 1. The van der Waals surface area contributed by atoms with Crippen molar-refractivity contribution in [3.63, 3.8) is 0 Å². The lowest BCUT2D eigenvalue weighted by molar-refractivity contribution is -0.118. The highest BCUT2D eigenvalue weighted by molar-refractivity contribution is 9.10. The summed E-state index contributed by atoms with van der Waals surface area (Å²) in [6.07, 6.45) is 1.98. The first-order chi connectivity index (χ1) is 8.08. The first-order valence-corrected chi connectivity index (χ1v) is 7.14. The van der Waals surface area contributed by atoms with E-state index in [9.17, 15) is 4.79 Å². The lowest BCUT2D eigenvalue weighted by Crippen LogP contribution is -2.16. The number of benzene rings is 1. The van der Waals surface area contributed by atoms with Gasteiger partial charge in [-0.05, 0) is 36.6 Å². The summed E-state index contributed by atoms with van der Waals surface area (Å²) >= 11 is 6.77. The van der Waals surface area contributed by atoms with E-state index >= 15 is 0 Å². The van der Waals surface area contributed by atoms with E-state index in [1.165, 1.54) is 0 Å². The maximum Gasteiger partial charge on any atom is 0.146 e. The molecule has 0 amide bonds. The molecule has 17 heavy (non-hydrogen) atoms. The van der Waals surface area contributed by atoms with Gasteiger partial charge in [-0.3, -0.25) is 4.79 Å². The average Bonchev–Trinajstić information content (AvgIpc) is 2.29. The molecule has 1 aromatic rings. The largest absolute Gasteiger partial charge is 0.298 e. The van der Waals surface area contributed by atoms with Gasteiger partial charge < -0.3 is 0 Å². The molecule has 4 heteroatoms. The highest BCUT2D eigenvalue weighted by atomic mass is 79.9. The number of rotatable bonds is 5. The predicted octanol–water partition coefficient (Wildman–Crippen LogP) is 4.00. The van der Waals surface area contributed by atoms with Gasteiger partial charge in [-0.25, -0.2) is 0 Å². The van der Waals surface area contributed by atoms with Crippen LogP contribution in [0.15, 0.2) is 22.7 Å². The summed E-state index contributed by atoms with van der Waals surface area (Å²) in [5.41, 5.74) is 1.52. The normalized spacial score (nSPS) is 11.9. The van der Waals surface area contributed by atoms with E-state index in [1.54, 1.807) is 6.07 Å². The number of Topliss-reactive ketones (excluding diaryl/α,β-unsaturated/α-hetero) is 1. The molecule has 0 radical (unpaired) electrons. The summed E-state index contributed by atoms with van der Waals surface area (Å²) in [6, 6.07) is 7.64. The third kappa shape index (κ3) is 4.25. The minimum absolute atomic E-state index is 0.191. The zero-order valence-electron chi connectivity index (χ0n) is 9.54. The molecule has 0 saturated heterocycles. The Kier molecular flexibility index (Phi) is 5.87. The van der Waals surface area contributed by atoms with Crippen molar-refractivity contribution in [1.29, 1.82) is 5.26 Å². The van der Waals surface area contributed by atoms with Gasteiger partial charge in [0.05, 0.1) is 16.5 Å². The Morgan fingerprint density at radius 2 is 2.24 bits per heavy atom. The molecule has 0 fully saturated rings. The molecule has 0 aliphatic heterocycles. The van der Waals surface area contributed by atoms with Gasteiger partial charge in [-0.1, -0.05) is 38.8 Å². The number of alkyl halides is 1. The quantitative estimate of drug-likeness (QED) is 0.746. The van der Waals surface area contributed by atoms with E-state index in [-0.39, 0.29) is 10.6 Å². The van der Waals surface area contributed by atoms with Gasteiger partial charge in [-0.15, -0.1) is 0 Å². The second-order valence-electron chi connectivity index (χ2n) is 3.80. The average molecular weight is 359 g/mol. The molecule has 1 unspecified atom stereocenters. The molecule has 0 aliphatic carbocycles. The van der Waals surface area contributed by atoms with Crippen molar-refractivity contribution in [2.24, 2.45) is 0 Å². The Balaban J connectivity index is 2.84. The first kappa shape index (κ1) is 14.4. The number of hydrogen-bond acceptors (Lipinski definition) is 2. The van der Waals surface area contributed by atoms with E-state index < -0.39 is 0 Å². The molecule has 0 aromatic heterocycles. The fourth-order valence-electron chi connectivity index (χ4n) is 1.55. The molecule has 0 heterocycles. The van der Waals surface area contributed by atoms with Crippen molar-refractivity contribution in [1.82, 2.24) is 0 Å².